The number of aryl methyl sites for hydroxylation is 1. The van der Waals surface area contributed by atoms with Crippen LogP contribution in [-0.4, -0.2) is 36.1 Å². The molecule has 118 valence electrons. The molecule has 5 heteroatoms. The molecule has 0 bridgehead atoms. The fraction of sp³-hybridized carbons (Fsp3) is 0.353. The Morgan fingerprint density at radius 2 is 2.05 bits per heavy atom. The molecular formula is C17H23ClN4. The van der Waals surface area contributed by atoms with Gasteiger partial charge >= 0.3 is 0 Å². The van der Waals surface area contributed by atoms with E-state index in [0.29, 0.717) is 0 Å². The van der Waals surface area contributed by atoms with Crippen LogP contribution in [0.5, 0.6) is 0 Å². The van der Waals surface area contributed by atoms with Crippen molar-refractivity contribution in [1.29, 1.82) is 0 Å². The van der Waals surface area contributed by atoms with Crippen molar-refractivity contribution in [3.05, 3.63) is 58.9 Å². The minimum Gasteiger partial charge on any atom is -0.356 e. The monoisotopic (exact) mass is 318 g/mol. The van der Waals surface area contributed by atoms with Gasteiger partial charge in [0.15, 0.2) is 5.96 Å². The minimum atomic E-state index is 0.799. The van der Waals surface area contributed by atoms with Crippen LogP contribution in [0.15, 0.2) is 47.6 Å². The first-order valence-electron chi connectivity index (χ1n) is 7.37. The van der Waals surface area contributed by atoms with Crippen molar-refractivity contribution in [2.75, 3.05) is 20.6 Å². The Morgan fingerprint density at radius 3 is 2.68 bits per heavy atom. The lowest BCUT2D eigenvalue weighted by molar-refractivity contribution is 0.462. The molecule has 4 nitrogen and oxygen atoms in total. The summed E-state index contributed by atoms with van der Waals surface area (Å²) < 4.78 is 2.12. The summed E-state index contributed by atoms with van der Waals surface area (Å²) in [4.78, 5) is 6.45. The number of aliphatic imine (C=N–C) groups is 1. The molecule has 0 radical (unpaired) electrons. The van der Waals surface area contributed by atoms with Gasteiger partial charge in [-0.3, -0.25) is 4.99 Å². The molecule has 0 saturated heterocycles. The van der Waals surface area contributed by atoms with Crippen LogP contribution in [0, 0.1) is 0 Å². The van der Waals surface area contributed by atoms with Gasteiger partial charge in [-0.15, -0.1) is 0 Å². The fourth-order valence-electron chi connectivity index (χ4n) is 2.37. The summed E-state index contributed by atoms with van der Waals surface area (Å²) in [5.41, 5.74) is 2.40. The van der Waals surface area contributed by atoms with Gasteiger partial charge in [0.2, 0.25) is 0 Å². The van der Waals surface area contributed by atoms with Crippen molar-refractivity contribution in [2.24, 2.45) is 12.0 Å². The lowest BCUT2D eigenvalue weighted by atomic mass is 10.1. The summed E-state index contributed by atoms with van der Waals surface area (Å²) in [6, 6.07) is 12.1. The average Bonchev–Trinajstić information content (AvgIpc) is 2.90. The molecule has 1 aromatic heterocycles. The van der Waals surface area contributed by atoms with E-state index in [1.54, 1.807) is 7.05 Å². The van der Waals surface area contributed by atoms with Gasteiger partial charge in [0, 0.05) is 44.6 Å². The summed E-state index contributed by atoms with van der Waals surface area (Å²) in [7, 11) is 5.90. The highest BCUT2D eigenvalue weighted by molar-refractivity contribution is 6.31. The molecule has 0 atom stereocenters. The Labute approximate surface area is 137 Å². The van der Waals surface area contributed by atoms with Gasteiger partial charge in [-0.1, -0.05) is 29.8 Å². The number of halogens is 1. The zero-order chi connectivity index (χ0) is 15.9. The van der Waals surface area contributed by atoms with Gasteiger partial charge in [0.25, 0.3) is 0 Å². The summed E-state index contributed by atoms with van der Waals surface area (Å²) in [5, 5.41) is 4.20. The molecule has 0 saturated carbocycles. The molecule has 1 N–H and O–H groups in total. The highest BCUT2D eigenvalue weighted by Crippen LogP contribution is 2.14. The van der Waals surface area contributed by atoms with E-state index >= 15 is 0 Å². The molecule has 0 fully saturated rings. The van der Waals surface area contributed by atoms with Gasteiger partial charge in [0.1, 0.15) is 0 Å². The lowest BCUT2D eigenvalue weighted by Crippen LogP contribution is -2.39. The quantitative estimate of drug-likeness (QED) is 0.679. The van der Waals surface area contributed by atoms with E-state index in [1.807, 2.05) is 25.2 Å². The summed E-state index contributed by atoms with van der Waals surface area (Å²) >= 11 is 6.18. The number of hydrogen-bond donors (Lipinski definition) is 1. The third-order valence-electron chi connectivity index (χ3n) is 3.66. The highest BCUT2D eigenvalue weighted by Gasteiger charge is 2.08. The second-order valence-corrected chi connectivity index (χ2v) is 5.69. The van der Waals surface area contributed by atoms with Crippen LogP contribution in [0.1, 0.15) is 11.3 Å². The van der Waals surface area contributed by atoms with Crippen molar-refractivity contribution < 1.29 is 0 Å². The summed E-state index contributed by atoms with van der Waals surface area (Å²) in [5.74, 6) is 0.883. The predicted molar refractivity (Wildman–Crippen MR) is 93.4 cm³/mol. The zero-order valence-electron chi connectivity index (χ0n) is 13.4. The maximum atomic E-state index is 6.18. The van der Waals surface area contributed by atoms with Gasteiger partial charge < -0.3 is 14.8 Å². The third-order valence-corrected chi connectivity index (χ3v) is 4.03. The SMILES string of the molecule is CN=C(NCCc1ccccc1Cl)N(C)Cc1cccn1C. The standard InChI is InChI=1S/C17H23ClN4/c1-19-17(22(3)13-15-8-6-12-21(15)2)20-11-10-14-7-4-5-9-16(14)18/h4-9,12H,10-11,13H2,1-3H3,(H,19,20). The van der Waals surface area contributed by atoms with E-state index in [1.165, 1.54) is 5.69 Å². The van der Waals surface area contributed by atoms with E-state index < -0.39 is 0 Å². The van der Waals surface area contributed by atoms with Crippen LogP contribution in [-0.2, 0) is 20.0 Å². The predicted octanol–water partition coefficient (Wildman–Crippen LogP) is 2.93. The number of nitrogens with one attached hydrogen (secondary N) is 1. The topological polar surface area (TPSA) is 32.6 Å². The molecule has 2 rings (SSSR count). The Bertz CT molecular complexity index is 633. The van der Waals surface area contributed by atoms with Gasteiger partial charge in [-0.2, -0.15) is 0 Å². The Kier molecular flexibility index (Phi) is 5.90. The van der Waals surface area contributed by atoms with Crippen molar-refractivity contribution in [3.8, 4) is 0 Å². The van der Waals surface area contributed by atoms with Gasteiger partial charge in [0.05, 0.1) is 6.54 Å². The van der Waals surface area contributed by atoms with Crippen molar-refractivity contribution >= 4 is 17.6 Å². The first-order chi connectivity index (χ1) is 10.6. The number of hydrogen-bond acceptors (Lipinski definition) is 1. The second-order valence-electron chi connectivity index (χ2n) is 5.28. The Hall–Kier alpha value is -1.94. The van der Waals surface area contributed by atoms with Crippen LogP contribution < -0.4 is 5.32 Å². The van der Waals surface area contributed by atoms with E-state index in [-0.39, 0.29) is 0 Å². The molecule has 0 amide bonds. The first-order valence-corrected chi connectivity index (χ1v) is 7.75. The maximum absolute atomic E-state index is 6.18. The molecule has 1 heterocycles. The summed E-state index contributed by atoms with van der Waals surface area (Å²) in [6.07, 6.45) is 2.92. The second kappa shape index (κ2) is 7.90. The van der Waals surface area contributed by atoms with Crippen LogP contribution in [0.25, 0.3) is 0 Å². The van der Waals surface area contributed by atoms with E-state index in [9.17, 15) is 0 Å². The number of guanidine groups is 1. The lowest BCUT2D eigenvalue weighted by Gasteiger charge is -2.22. The minimum absolute atomic E-state index is 0.799. The largest absolute Gasteiger partial charge is 0.356 e. The molecule has 0 aliphatic heterocycles. The molecule has 2 aromatic rings. The van der Waals surface area contributed by atoms with Gasteiger partial charge in [-0.05, 0) is 30.2 Å². The van der Waals surface area contributed by atoms with Crippen molar-refractivity contribution in [1.82, 2.24) is 14.8 Å². The van der Waals surface area contributed by atoms with E-state index in [0.717, 1.165) is 36.1 Å². The zero-order valence-corrected chi connectivity index (χ0v) is 14.1. The van der Waals surface area contributed by atoms with E-state index in [4.69, 9.17) is 11.6 Å². The molecule has 0 aliphatic rings. The smallest absolute Gasteiger partial charge is 0.193 e. The maximum Gasteiger partial charge on any atom is 0.193 e. The number of benzene rings is 1. The summed E-state index contributed by atoms with van der Waals surface area (Å²) in [6.45, 7) is 1.61. The molecule has 1 aromatic carbocycles. The molecule has 22 heavy (non-hydrogen) atoms. The van der Waals surface area contributed by atoms with Gasteiger partial charge in [-0.25, -0.2) is 0 Å². The van der Waals surface area contributed by atoms with Crippen LogP contribution >= 0.6 is 11.6 Å². The van der Waals surface area contributed by atoms with Crippen molar-refractivity contribution in [3.63, 3.8) is 0 Å². The van der Waals surface area contributed by atoms with Crippen LogP contribution in [0.4, 0.5) is 0 Å². The third kappa shape index (κ3) is 4.28. The number of rotatable bonds is 5. The fourth-order valence-corrected chi connectivity index (χ4v) is 2.60. The Morgan fingerprint density at radius 1 is 1.27 bits per heavy atom. The molecule has 0 unspecified atom stereocenters. The normalized spacial score (nSPS) is 11.5. The Balaban J connectivity index is 1.87. The molecule has 0 spiro atoms. The number of aromatic nitrogens is 1. The molecule has 0 aliphatic carbocycles. The highest BCUT2D eigenvalue weighted by atomic mass is 35.5. The van der Waals surface area contributed by atoms with Crippen LogP contribution in [0.2, 0.25) is 5.02 Å². The van der Waals surface area contributed by atoms with Crippen molar-refractivity contribution in [2.45, 2.75) is 13.0 Å². The molecular weight excluding hydrogens is 296 g/mol. The van der Waals surface area contributed by atoms with Crippen LogP contribution in [0.3, 0.4) is 0 Å². The number of nitrogens with zero attached hydrogens (tertiary/aromatic N) is 3. The first kappa shape index (κ1) is 16.4. The van der Waals surface area contributed by atoms with E-state index in [2.05, 4.69) is 51.2 Å². The average molecular weight is 319 g/mol.